The Kier molecular flexibility index (Phi) is 7.97. The van der Waals surface area contributed by atoms with Crippen LogP contribution in [0.1, 0.15) is 18.4 Å². The summed E-state index contributed by atoms with van der Waals surface area (Å²) in [5.41, 5.74) is 0.953. The number of hydrogen-bond donors (Lipinski definition) is 0. The second-order valence-electron chi connectivity index (χ2n) is 8.79. The molecule has 0 aliphatic carbocycles. The first kappa shape index (κ1) is 26.2. The highest BCUT2D eigenvalue weighted by Crippen LogP contribution is 2.38. The molecule has 0 N–H and O–H groups in total. The predicted molar refractivity (Wildman–Crippen MR) is 135 cm³/mol. The van der Waals surface area contributed by atoms with Crippen molar-refractivity contribution in [1.82, 2.24) is 24.1 Å². The van der Waals surface area contributed by atoms with E-state index in [0.29, 0.717) is 41.2 Å². The quantitative estimate of drug-likeness (QED) is 0.552. The highest BCUT2D eigenvalue weighted by atomic mass is 35.5. The Bertz CT molecular complexity index is 1180. The minimum absolute atomic E-state index is 0.0617. The fraction of sp³-hybridized carbons (Fsp3) is 0.500. The zero-order valence-electron chi connectivity index (χ0n) is 19.3. The fourth-order valence-corrected chi connectivity index (χ4v) is 5.81. The van der Waals surface area contributed by atoms with E-state index in [1.165, 1.54) is 23.0 Å². The summed E-state index contributed by atoms with van der Waals surface area (Å²) in [5.74, 6) is -0.138. The minimum atomic E-state index is -3.28. The summed E-state index contributed by atoms with van der Waals surface area (Å²) < 4.78 is 31.0. The number of halogens is 3. The van der Waals surface area contributed by atoms with Gasteiger partial charge in [-0.25, -0.2) is 23.2 Å². The molecule has 2 aliphatic heterocycles. The van der Waals surface area contributed by atoms with Gasteiger partial charge in [0.25, 0.3) is 0 Å². The van der Waals surface area contributed by atoms with Gasteiger partial charge in [0, 0.05) is 51.1 Å². The van der Waals surface area contributed by atoms with E-state index in [4.69, 9.17) is 39.5 Å². The van der Waals surface area contributed by atoms with Crippen molar-refractivity contribution in [3.05, 3.63) is 51.2 Å². The van der Waals surface area contributed by atoms with Crippen LogP contribution in [0.4, 0.5) is 4.79 Å². The molecule has 35 heavy (non-hydrogen) atoms. The molecule has 9 nitrogen and oxygen atoms in total. The van der Waals surface area contributed by atoms with Crippen molar-refractivity contribution in [1.29, 1.82) is 0 Å². The van der Waals surface area contributed by atoms with Crippen LogP contribution < -0.4 is 4.74 Å². The topological polar surface area (TPSA) is 95.9 Å². The molecule has 3 heterocycles. The number of urea groups is 1. The Morgan fingerprint density at radius 3 is 2.29 bits per heavy atom. The van der Waals surface area contributed by atoms with Crippen LogP contribution in [-0.4, -0.2) is 90.2 Å². The molecular weight excluding hydrogens is 537 g/mol. The maximum atomic E-state index is 13.4. The van der Waals surface area contributed by atoms with Gasteiger partial charge in [-0.2, -0.15) is 4.31 Å². The van der Waals surface area contributed by atoms with Gasteiger partial charge in [0.1, 0.15) is 6.10 Å². The van der Waals surface area contributed by atoms with Crippen molar-refractivity contribution in [3.63, 3.8) is 0 Å². The molecule has 1 aromatic heterocycles. The lowest BCUT2D eigenvalue weighted by Gasteiger charge is -2.35. The lowest BCUT2D eigenvalue weighted by atomic mass is 9.86. The molecule has 0 bridgehead atoms. The third-order valence-corrected chi connectivity index (χ3v) is 8.71. The monoisotopic (exact) mass is 561 g/mol. The average molecular weight is 563 g/mol. The maximum absolute atomic E-state index is 13.4. The summed E-state index contributed by atoms with van der Waals surface area (Å²) in [6.45, 7) is 4.08. The molecule has 1 unspecified atom stereocenters. The van der Waals surface area contributed by atoms with Gasteiger partial charge in [-0.3, -0.25) is 0 Å². The molecule has 4 rings (SSSR count). The smallest absolute Gasteiger partial charge is 0.320 e. The Morgan fingerprint density at radius 1 is 1.03 bits per heavy atom. The van der Waals surface area contributed by atoms with Crippen LogP contribution in [0, 0.1) is 5.92 Å². The number of ether oxygens (including phenoxy) is 1. The highest BCUT2D eigenvalue weighted by Gasteiger charge is 2.42. The molecular formula is C22H26Cl3N5O4S. The maximum Gasteiger partial charge on any atom is 0.320 e. The fourth-order valence-electron chi connectivity index (χ4n) is 4.58. The number of likely N-dealkylation sites (tertiary alicyclic amines) is 1. The molecule has 0 spiro atoms. The first-order valence-electron chi connectivity index (χ1n) is 11.1. The van der Waals surface area contributed by atoms with Crippen molar-refractivity contribution < 1.29 is 17.9 Å². The van der Waals surface area contributed by atoms with E-state index in [9.17, 15) is 13.2 Å². The summed E-state index contributed by atoms with van der Waals surface area (Å²) in [4.78, 5) is 25.1. The highest BCUT2D eigenvalue weighted by molar-refractivity contribution is 7.88. The van der Waals surface area contributed by atoms with Crippen molar-refractivity contribution >= 4 is 50.9 Å². The number of sulfonamides is 1. The number of aromatic nitrogens is 2. The molecule has 2 saturated heterocycles. The number of amides is 2. The van der Waals surface area contributed by atoms with E-state index >= 15 is 0 Å². The van der Waals surface area contributed by atoms with Gasteiger partial charge in [-0.05, 0) is 24.6 Å². The van der Waals surface area contributed by atoms with Crippen molar-refractivity contribution in [2.45, 2.75) is 18.9 Å². The second-order valence-corrected chi connectivity index (χ2v) is 12.0. The molecule has 3 atom stereocenters. The van der Waals surface area contributed by atoms with E-state index in [2.05, 4.69) is 9.97 Å². The van der Waals surface area contributed by atoms with Crippen molar-refractivity contribution in [3.8, 4) is 6.01 Å². The normalized spacial score (nSPS) is 22.3. The molecule has 2 aliphatic rings. The first-order chi connectivity index (χ1) is 16.5. The van der Waals surface area contributed by atoms with Crippen LogP contribution in [0.25, 0.3) is 0 Å². The number of carbonyl (C=O) groups excluding carboxylic acids is 1. The molecule has 2 amide bonds. The third-order valence-electron chi connectivity index (χ3n) is 6.48. The van der Waals surface area contributed by atoms with Crippen molar-refractivity contribution in [2.75, 3.05) is 45.5 Å². The Hall–Kier alpha value is -1.85. The zero-order valence-corrected chi connectivity index (χ0v) is 22.4. The lowest BCUT2D eigenvalue weighted by Crippen LogP contribution is -2.53. The first-order valence-corrected chi connectivity index (χ1v) is 14.1. The Balaban J connectivity index is 1.52. The summed E-state index contributed by atoms with van der Waals surface area (Å²) in [6.07, 6.45) is 3.79. The van der Waals surface area contributed by atoms with Crippen LogP contribution in [0.3, 0.4) is 0 Å². The van der Waals surface area contributed by atoms with E-state index in [-0.39, 0.29) is 43.1 Å². The summed E-state index contributed by atoms with van der Waals surface area (Å²) in [7, 11) is -3.28. The van der Waals surface area contributed by atoms with Crippen molar-refractivity contribution in [2.24, 2.45) is 5.92 Å². The Labute approximate surface area is 220 Å². The van der Waals surface area contributed by atoms with E-state index in [1.807, 2.05) is 19.1 Å². The SMILES string of the molecule is C[C@@H](Oc1ncc(Cl)cn1)[C@@H]1CN(C(=O)N2CCN(S(C)(=O)=O)CC2)CC1c1ccc(Cl)c(Cl)c1. The van der Waals surface area contributed by atoms with Crippen LogP contribution in [0.15, 0.2) is 30.6 Å². The van der Waals surface area contributed by atoms with E-state index < -0.39 is 10.0 Å². The van der Waals surface area contributed by atoms with Gasteiger partial charge in [-0.1, -0.05) is 40.9 Å². The molecule has 2 fully saturated rings. The second kappa shape index (κ2) is 10.6. The third kappa shape index (κ3) is 6.11. The number of carbonyl (C=O) groups is 1. The zero-order chi connectivity index (χ0) is 25.3. The summed E-state index contributed by atoms with van der Waals surface area (Å²) in [5, 5.41) is 1.31. The predicted octanol–water partition coefficient (Wildman–Crippen LogP) is 3.62. The molecule has 190 valence electrons. The van der Waals surface area contributed by atoms with Gasteiger partial charge in [-0.15, -0.1) is 0 Å². The number of nitrogens with zero attached hydrogens (tertiary/aromatic N) is 5. The number of benzene rings is 1. The molecule has 2 aromatic rings. The molecule has 0 radical (unpaired) electrons. The molecule has 0 saturated carbocycles. The van der Waals surface area contributed by atoms with Crippen LogP contribution in [0.5, 0.6) is 6.01 Å². The molecule has 13 heteroatoms. The average Bonchev–Trinajstić information content (AvgIpc) is 3.27. The van der Waals surface area contributed by atoms with Gasteiger partial charge in [0.2, 0.25) is 10.0 Å². The minimum Gasteiger partial charge on any atom is -0.460 e. The van der Waals surface area contributed by atoms with Gasteiger partial charge in [0.15, 0.2) is 0 Å². The number of rotatable bonds is 5. The van der Waals surface area contributed by atoms with Gasteiger partial charge in [0.05, 0.1) is 33.7 Å². The van der Waals surface area contributed by atoms with Gasteiger partial charge >= 0.3 is 12.0 Å². The molecule has 1 aromatic carbocycles. The van der Waals surface area contributed by atoms with Gasteiger partial charge < -0.3 is 14.5 Å². The lowest BCUT2D eigenvalue weighted by molar-refractivity contribution is 0.123. The number of piperazine rings is 1. The van der Waals surface area contributed by atoms with E-state index in [0.717, 1.165) is 5.56 Å². The standard InChI is InChI=1S/C22H26Cl3N5O4S/c1-14(34-21-26-10-16(23)11-27-21)17-12-29(13-18(17)15-3-4-19(24)20(25)9-15)22(31)28-5-7-30(8-6-28)35(2,32)33/h3-4,9-11,14,17-18H,5-8,12-13H2,1-2H3/t14-,17+,18?/m1/s1. The van der Waals surface area contributed by atoms with Crippen LogP contribution in [0.2, 0.25) is 15.1 Å². The summed E-state index contributed by atoms with van der Waals surface area (Å²) in [6, 6.07) is 5.57. The number of hydrogen-bond acceptors (Lipinski definition) is 6. The largest absolute Gasteiger partial charge is 0.460 e. The van der Waals surface area contributed by atoms with E-state index in [1.54, 1.807) is 15.9 Å². The van der Waals surface area contributed by atoms with Crippen LogP contribution in [-0.2, 0) is 10.0 Å². The van der Waals surface area contributed by atoms with Crippen LogP contribution >= 0.6 is 34.8 Å². The Morgan fingerprint density at radius 2 is 1.69 bits per heavy atom. The summed E-state index contributed by atoms with van der Waals surface area (Å²) >= 11 is 18.3.